The Morgan fingerprint density at radius 3 is 3.20 bits per heavy atom. The number of furan rings is 1. The van der Waals surface area contributed by atoms with Crippen molar-refractivity contribution in [1.82, 2.24) is 0 Å². The molecule has 49 valence electrons. The van der Waals surface area contributed by atoms with Crippen LogP contribution in [0.5, 0.6) is 0 Å². The van der Waals surface area contributed by atoms with Crippen molar-refractivity contribution in [1.29, 1.82) is 0 Å². The van der Waals surface area contributed by atoms with Gasteiger partial charge in [0.15, 0.2) is 0 Å². The van der Waals surface area contributed by atoms with Crippen LogP contribution in [0, 0.1) is 6.07 Å². The van der Waals surface area contributed by atoms with Gasteiger partial charge in [0.05, 0.1) is 6.26 Å². The van der Waals surface area contributed by atoms with Crippen LogP contribution in [0.4, 0.5) is 0 Å². The molecular formula is C8H4ClO. The Labute approximate surface area is 63.2 Å². The second-order valence-electron chi connectivity index (χ2n) is 2.02. The van der Waals surface area contributed by atoms with Crippen LogP contribution in [0.3, 0.4) is 0 Å². The Balaban J connectivity index is 2.86. The smallest absolute Gasteiger partial charge is 0.134 e. The van der Waals surface area contributed by atoms with Crippen LogP contribution in [0.2, 0.25) is 5.02 Å². The lowest BCUT2D eigenvalue weighted by molar-refractivity contribution is 0.615. The number of rotatable bonds is 0. The first-order chi connectivity index (χ1) is 4.86. The zero-order valence-electron chi connectivity index (χ0n) is 5.10. The molecule has 1 radical (unpaired) electrons. The summed E-state index contributed by atoms with van der Waals surface area (Å²) in [6, 6.07) is 8.35. The molecule has 0 amide bonds. The van der Waals surface area contributed by atoms with Crippen LogP contribution in [0.15, 0.2) is 28.9 Å². The number of hydrogen-bond acceptors (Lipinski definition) is 1. The topological polar surface area (TPSA) is 13.1 Å². The summed E-state index contributed by atoms with van der Waals surface area (Å²) in [5.41, 5.74) is 0.824. The van der Waals surface area contributed by atoms with Crippen molar-refractivity contribution in [2.45, 2.75) is 0 Å². The Morgan fingerprint density at radius 2 is 2.30 bits per heavy atom. The van der Waals surface area contributed by atoms with E-state index in [-0.39, 0.29) is 0 Å². The summed E-state index contributed by atoms with van der Waals surface area (Å²) in [6.07, 6.45) is 1.53. The lowest BCUT2D eigenvalue weighted by atomic mass is 10.3. The van der Waals surface area contributed by atoms with Gasteiger partial charge in [0.1, 0.15) is 5.58 Å². The highest BCUT2D eigenvalue weighted by Gasteiger charge is 1.95. The molecule has 0 aliphatic rings. The van der Waals surface area contributed by atoms with Gasteiger partial charge in [-0.15, -0.1) is 0 Å². The number of fused-ring (bicyclic) bond motifs is 1. The highest BCUT2D eigenvalue weighted by atomic mass is 35.5. The summed E-state index contributed by atoms with van der Waals surface area (Å²) in [4.78, 5) is 0. The van der Waals surface area contributed by atoms with Crippen molar-refractivity contribution in [3.63, 3.8) is 0 Å². The summed E-state index contributed by atoms with van der Waals surface area (Å²) in [5.74, 6) is 0. The Bertz CT molecular complexity index is 351. The third-order valence-corrected chi connectivity index (χ3v) is 1.58. The predicted octanol–water partition coefficient (Wildman–Crippen LogP) is 2.89. The molecule has 10 heavy (non-hydrogen) atoms. The summed E-state index contributed by atoms with van der Waals surface area (Å²) in [5, 5.41) is 1.64. The summed E-state index contributed by atoms with van der Waals surface area (Å²) in [7, 11) is 0. The average Bonchev–Trinajstić information content (AvgIpc) is 2.33. The molecule has 2 heteroatoms. The van der Waals surface area contributed by atoms with Crippen LogP contribution >= 0.6 is 11.6 Å². The minimum Gasteiger partial charge on any atom is -0.464 e. The first-order valence-corrected chi connectivity index (χ1v) is 3.28. The second kappa shape index (κ2) is 2.03. The predicted molar refractivity (Wildman–Crippen MR) is 40.1 cm³/mol. The van der Waals surface area contributed by atoms with Gasteiger partial charge in [0.2, 0.25) is 0 Å². The van der Waals surface area contributed by atoms with Crippen LogP contribution in [-0.4, -0.2) is 0 Å². The van der Waals surface area contributed by atoms with Gasteiger partial charge in [-0.2, -0.15) is 0 Å². The molecule has 1 nitrogen and oxygen atoms in total. The first-order valence-electron chi connectivity index (χ1n) is 2.91. The summed E-state index contributed by atoms with van der Waals surface area (Å²) in [6.45, 7) is 0. The highest BCUT2D eigenvalue weighted by Crippen LogP contribution is 2.18. The number of halogens is 1. The molecule has 0 N–H and O–H groups in total. The second-order valence-corrected chi connectivity index (χ2v) is 2.46. The van der Waals surface area contributed by atoms with Crippen molar-refractivity contribution < 1.29 is 4.42 Å². The average molecular weight is 152 g/mol. The van der Waals surface area contributed by atoms with Gasteiger partial charge in [0.25, 0.3) is 0 Å². The lowest BCUT2D eigenvalue weighted by Crippen LogP contribution is -1.62. The van der Waals surface area contributed by atoms with E-state index in [4.69, 9.17) is 16.0 Å². The van der Waals surface area contributed by atoms with E-state index in [1.807, 2.05) is 12.1 Å². The molecule has 0 saturated heterocycles. The van der Waals surface area contributed by atoms with E-state index in [2.05, 4.69) is 6.07 Å². The standard InChI is InChI=1S/C8H4ClO/c9-7-1-2-8-6(5-7)3-4-10-8/h1-2,4-5H. The van der Waals surface area contributed by atoms with Gasteiger partial charge in [-0.05, 0) is 18.2 Å². The molecule has 0 unspecified atom stereocenters. The molecular weight excluding hydrogens is 148 g/mol. The Morgan fingerprint density at radius 1 is 1.40 bits per heavy atom. The van der Waals surface area contributed by atoms with Crippen molar-refractivity contribution in [3.8, 4) is 0 Å². The minimum absolute atomic E-state index is 0.713. The minimum atomic E-state index is 0.713. The SMILES string of the molecule is Clc1ccc2oc[c]c2c1. The van der Waals surface area contributed by atoms with Gasteiger partial charge in [-0.1, -0.05) is 11.6 Å². The first kappa shape index (κ1) is 5.81. The lowest BCUT2D eigenvalue weighted by Gasteiger charge is -1.86. The molecule has 0 saturated carbocycles. The zero-order valence-corrected chi connectivity index (χ0v) is 5.85. The molecule has 0 spiro atoms. The maximum atomic E-state index is 5.71. The molecule has 1 heterocycles. The third-order valence-electron chi connectivity index (χ3n) is 1.34. The van der Waals surface area contributed by atoms with Crippen molar-refractivity contribution in [3.05, 3.63) is 35.6 Å². The van der Waals surface area contributed by atoms with Crippen LogP contribution in [-0.2, 0) is 0 Å². The van der Waals surface area contributed by atoms with Crippen LogP contribution in [0.25, 0.3) is 11.0 Å². The van der Waals surface area contributed by atoms with E-state index in [9.17, 15) is 0 Å². The number of hydrogen-bond donors (Lipinski definition) is 0. The molecule has 2 aromatic rings. The summed E-state index contributed by atoms with van der Waals surface area (Å²) >= 11 is 5.71. The van der Waals surface area contributed by atoms with E-state index in [1.54, 1.807) is 6.07 Å². The zero-order chi connectivity index (χ0) is 6.97. The largest absolute Gasteiger partial charge is 0.464 e. The van der Waals surface area contributed by atoms with Gasteiger partial charge in [0, 0.05) is 16.5 Å². The van der Waals surface area contributed by atoms with E-state index in [0.29, 0.717) is 5.02 Å². The van der Waals surface area contributed by atoms with E-state index < -0.39 is 0 Å². The van der Waals surface area contributed by atoms with Crippen LogP contribution < -0.4 is 0 Å². The highest BCUT2D eigenvalue weighted by molar-refractivity contribution is 6.31. The van der Waals surface area contributed by atoms with Crippen molar-refractivity contribution >= 4 is 22.6 Å². The maximum absolute atomic E-state index is 5.71. The van der Waals surface area contributed by atoms with Gasteiger partial charge < -0.3 is 4.42 Å². The van der Waals surface area contributed by atoms with Crippen LogP contribution in [0.1, 0.15) is 0 Å². The van der Waals surface area contributed by atoms with E-state index in [0.717, 1.165) is 11.0 Å². The molecule has 0 bridgehead atoms. The van der Waals surface area contributed by atoms with Gasteiger partial charge in [-0.25, -0.2) is 0 Å². The fraction of sp³-hybridized carbons (Fsp3) is 0. The fourth-order valence-electron chi connectivity index (χ4n) is 0.874. The molecule has 0 aliphatic heterocycles. The molecule has 1 aromatic heterocycles. The van der Waals surface area contributed by atoms with E-state index >= 15 is 0 Å². The molecule has 0 fully saturated rings. The monoisotopic (exact) mass is 151 g/mol. The molecule has 2 rings (SSSR count). The molecule has 1 aromatic carbocycles. The Hall–Kier alpha value is -0.950. The maximum Gasteiger partial charge on any atom is 0.134 e. The van der Waals surface area contributed by atoms with E-state index in [1.165, 1.54) is 6.26 Å². The normalized spacial score (nSPS) is 10.5. The molecule has 0 atom stereocenters. The van der Waals surface area contributed by atoms with Crippen molar-refractivity contribution in [2.24, 2.45) is 0 Å². The van der Waals surface area contributed by atoms with Gasteiger partial charge >= 0.3 is 0 Å². The Kier molecular flexibility index (Phi) is 1.18. The third kappa shape index (κ3) is 0.792. The molecule has 0 aliphatic carbocycles. The quantitative estimate of drug-likeness (QED) is 0.564. The number of benzene rings is 1. The fourth-order valence-corrected chi connectivity index (χ4v) is 1.05. The van der Waals surface area contributed by atoms with Gasteiger partial charge in [-0.3, -0.25) is 0 Å². The summed E-state index contributed by atoms with van der Waals surface area (Å²) < 4.78 is 5.06. The van der Waals surface area contributed by atoms with Crippen molar-refractivity contribution in [2.75, 3.05) is 0 Å².